The molecule has 0 bridgehead atoms. The molecule has 0 fully saturated rings. The molecular weight excluding hydrogens is 230 g/mol. The van der Waals surface area contributed by atoms with Crippen LogP contribution in [0.3, 0.4) is 0 Å². The van der Waals surface area contributed by atoms with Crippen LogP contribution in [0.25, 0.3) is 0 Å². The molecule has 5 heteroatoms. The zero-order valence-corrected chi connectivity index (χ0v) is 11.6. The first-order chi connectivity index (χ1) is 8.32. The third kappa shape index (κ3) is 3.29. The number of ether oxygens (including phenoxy) is 1. The minimum absolute atomic E-state index is 0.0929. The van der Waals surface area contributed by atoms with Crippen LogP contribution in [0.15, 0.2) is 18.2 Å². The van der Waals surface area contributed by atoms with Gasteiger partial charge in [0.1, 0.15) is 5.75 Å². The van der Waals surface area contributed by atoms with E-state index in [1.165, 1.54) is 4.90 Å². The summed E-state index contributed by atoms with van der Waals surface area (Å²) in [4.78, 5) is 15.2. The van der Waals surface area contributed by atoms with Crippen LogP contribution in [0.5, 0.6) is 5.75 Å². The highest BCUT2D eigenvalue weighted by Crippen LogP contribution is 2.27. The van der Waals surface area contributed by atoms with E-state index >= 15 is 0 Å². The van der Waals surface area contributed by atoms with Gasteiger partial charge in [-0.1, -0.05) is 0 Å². The summed E-state index contributed by atoms with van der Waals surface area (Å²) in [7, 11) is 7.26. The lowest BCUT2D eigenvalue weighted by Crippen LogP contribution is -2.35. The van der Waals surface area contributed by atoms with Crippen LogP contribution in [0, 0.1) is 0 Å². The molecular formula is C13H21N3O2. The number of benzene rings is 1. The van der Waals surface area contributed by atoms with Crippen molar-refractivity contribution in [2.24, 2.45) is 0 Å². The van der Waals surface area contributed by atoms with E-state index in [1.54, 1.807) is 27.1 Å². The molecule has 0 aromatic heterocycles. The summed E-state index contributed by atoms with van der Waals surface area (Å²) in [5.41, 5.74) is 7.35. The molecule has 0 saturated carbocycles. The van der Waals surface area contributed by atoms with Gasteiger partial charge in [-0.25, -0.2) is 0 Å². The summed E-state index contributed by atoms with van der Waals surface area (Å²) in [5, 5.41) is 0. The van der Waals surface area contributed by atoms with Gasteiger partial charge in [0.25, 0.3) is 5.91 Å². The minimum Gasteiger partial charge on any atom is -0.479 e. The summed E-state index contributed by atoms with van der Waals surface area (Å²) in [6.07, 6.45) is -0.556. The fraction of sp³-hybridized carbons (Fsp3) is 0.462. The standard InChI is InChI=1S/C13H21N3O2/c1-9(13(17)16(4)5)18-12-8-10(15(2)3)6-7-11(12)14/h6-9H,14H2,1-5H3. The molecule has 2 N–H and O–H groups in total. The summed E-state index contributed by atoms with van der Waals surface area (Å²) in [6.45, 7) is 1.71. The Balaban J connectivity index is 2.90. The monoisotopic (exact) mass is 251 g/mol. The topological polar surface area (TPSA) is 58.8 Å². The average Bonchev–Trinajstić information content (AvgIpc) is 2.30. The molecule has 0 aliphatic carbocycles. The van der Waals surface area contributed by atoms with Crippen LogP contribution in [0.1, 0.15) is 6.92 Å². The van der Waals surface area contributed by atoms with Gasteiger partial charge >= 0.3 is 0 Å². The Hall–Kier alpha value is -1.91. The molecule has 0 aliphatic heterocycles. The quantitative estimate of drug-likeness (QED) is 0.817. The molecule has 18 heavy (non-hydrogen) atoms. The summed E-state index contributed by atoms with van der Waals surface area (Å²) < 4.78 is 5.62. The number of nitrogens with two attached hydrogens (primary N) is 1. The number of carbonyl (C=O) groups is 1. The summed E-state index contributed by atoms with van der Waals surface area (Å²) >= 11 is 0. The smallest absolute Gasteiger partial charge is 0.262 e. The molecule has 0 heterocycles. The second kappa shape index (κ2) is 5.62. The Morgan fingerprint density at radius 3 is 2.39 bits per heavy atom. The normalized spacial score (nSPS) is 11.8. The van der Waals surface area contributed by atoms with E-state index in [9.17, 15) is 4.79 Å². The maximum absolute atomic E-state index is 11.7. The Bertz CT molecular complexity index is 430. The highest BCUT2D eigenvalue weighted by molar-refractivity contribution is 5.80. The van der Waals surface area contributed by atoms with Crippen LogP contribution in [0.4, 0.5) is 11.4 Å². The number of hydrogen-bond acceptors (Lipinski definition) is 4. The van der Waals surface area contributed by atoms with Crippen molar-refractivity contribution >= 4 is 17.3 Å². The van der Waals surface area contributed by atoms with Crippen molar-refractivity contribution < 1.29 is 9.53 Å². The van der Waals surface area contributed by atoms with Crippen LogP contribution in [0.2, 0.25) is 0 Å². The Kier molecular flexibility index (Phi) is 4.42. The van der Waals surface area contributed by atoms with Crippen LogP contribution in [-0.4, -0.2) is 45.1 Å². The number of nitrogens with zero attached hydrogens (tertiary/aromatic N) is 2. The molecule has 1 aromatic rings. The van der Waals surface area contributed by atoms with Crippen LogP contribution in [-0.2, 0) is 4.79 Å². The molecule has 100 valence electrons. The second-order valence-corrected chi connectivity index (χ2v) is 4.61. The summed E-state index contributed by atoms with van der Waals surface area (Å²) in [5.74, 6) is 0.438. The van der Waals surface area contributed by atoms with E-state index in [4.69, 9.17) is 10.5 Å². The largest absolute Gasteiger partial charge is 0.479 e. The lowest BCUT2D eigenvalue weighted by Gasteiger charge is -2.20. The van der Waals surface area contributed by atoms with Gasteiger partial charge in [0, 0.05) is 39.9 Å². The van der Waals surface area contributed by atoms with Crippen molar-refractivity contribution in [3.05, 3.63) is 18.2 Å². The zero-order chi connectivity index (χ0) is 13.9. The maximum Gasteiger partial charge on any atom is 0.262 e. The van der Waals surface area contributed by atoms with Gasteiger partial charge in [-0.2, -0.15) is 0 Å². The maximum atomic E-state index is 11.7. The van der Waals surface area contributed by atoms with Gasteiger partial charge < -0.3 is 20.3 Å². The molecule has 1 unspecified atom stereocenters. The minimum atomic E-state index is -0.556. The number of likely N-dealkylation sites (N-methyl/N-ethyl adjacent to an activating group) is 1. The van der Waals surface area contributed by atoms with Crippen molar-refractivity contribution in [3.63, 3.8) is 0 Å². The molecule has 1 aromatic carbocycles. The van der Waals surface area contributed by atoms with Gasteiger partial charge in [-0.3, -0.25) is 4.79 Å². The number of hydrogen-bond donors (Lipinski definition) is 1. The van der Waals surface area contributed by atoms with E-state index in [0.29, 0.717) is 11.4 Å². The van der Waals surface area contributed by atoms with Crippen molar-refractivity contribution in [3.8, 4) is 5.75 Å². The summed E-state index contributed by atoms with van der Waals surface area (Å²) in [6, 6.07) is 5.51. The predicted octanol–water partition coefficient (Wildman–Crippen LogP) is 1.19. The number of anilines is 2. The fourth-order valence-corrected chi connectivity index (χ4v) is 1.51. The Morgan fingerprint density at radius 1 is 1.28 bits per heavy atom. The molecule has 0 radical (unpaired) electrons. The lowest BCUT2D eigenvalue weighted by atomic mass is 10.2. The first-order valence-electron chi connectivity index (χ1n) is 5.77. The second-order valence-electron chi connectivity index (χ2n) is 4.61. The fourth-order valence-electron chi connectivity index (χ4n) is 1.51. The van der Waals surface area contributed by atoms with Gasteiger partial charge in [0.05, 0.1) is 5.69 Å². The first kappa shape index (κ1) is 14.2. The van der Waals surface area contributed by atoms with Crippen LogP contribution < -0.4 is 15.4 Å². The van der Waals surface area contributed by atoms with E-state index in [1.807, 2.05) is 31.1 Å². The third-order valence-corrected chi connectivity index (χ3v) is 2.61. The molecule has 0 spiro atoms. The number of amides is 1. The van der Waals surface area contributed by atoms with Crippen molar-refractivity contribution in [2.75, 3.05) is 38.8 Å². The van der Waals surface area contributed by atoms with Gasteiger partial charge in [-0.15, -0.1) is 0 Å². The van der Waals surface area contributed by atoms with Gasteiger partial charge in [0.15, 0.2) is 6.10 Å². The Morgan fingerprint density at radius 2 is 1.89 bits per heavy atom. The van der Waals surface area contributed by atoms with E-state index < -0.39 is 6.10 Å². The molecule has 5 nitrogen and oxygen atoms in total. The average molecular weight is 251 g/mol. The van der Waals surface area contributed by atoms with Gasteiger partial charge in [-0.05, 0) is 19.1 Å². The van der Waals surface area contributed by atoms with Crippen molar-refractivity contribution in [1.82, 2.24) is 4.90 Å². The SMILES string of the molecule is CC(Oc1cc(N(C)C)ccc1N)C(=O)N(C)C. The number of carbonyl (C=O) groups excluding carboxylic acids is 1. The molecule has 0 aliphatic rings. The predicted molar refractivity (Wildman–Crippen MR) is 74.0 cm³/mol. The van der Waals surface area contributed by atoms with E-state index in [0.717, 1.165) is 5.69 Å². The van der Waals surface area contributed by atoms with E-state index in [-0.39, 0.29) is 5.91 Å². The third-order valence-electron chi connectivity index (χ3n) is 2.61. The molecule has 1 amide bonds. The van der Waals surface area contributed by atoms with Crippen LogP contribution >= 0.6 is 0 Å². The molecule has 1 rings (SSSR count). The highest BCUT2D eigenvalue weighted by atomic mass is 16.5. The zero-order valence-electron chi connectivity index (χ0n) is 11.6. The molecule has 1 atom stereocenters. The van der Waals surface area contributed by atoms with Crippen molar-refractivity contribution in [1.29, 1.82) is 0 Å². The Labute approximate surface area is 108 Å². The number of rotatable bonds is 4. The van der Waals surface area contributed by atoms with E-state index in [2.05, 4.69) is 0 Å². The highest BCUT2D eigenvalue weighted by Gasteiger charge is 2.17. The number of nitrogen functional groups attached to an aromatic ring is 1. The lowest BCUT2D eigenvalue weighted by molar-refractivity contribution is -0.135. The van der Waals surface area contributed by atoms with Gasteiger partial charge in [0.2, 0.25) is 0 Å². The first-order valence-corrected chi connectivity index (χ1v) is 5.77. The van der Waals surface area contributed by atoms with Crippen molar-refractivity contribution in [2.45, 2.75) is 13.0 Å². The molecule has 0 saturated heterocycles.